The molecule has 0 unspecified atom stereocenters. The summed E-state index contributed by atoms with van der Waals surface area (Å²) in [7, 11) is 1.73. The number of aromatic amines is 2. The first kappa shape index (κ1) is 17.4. The summed E-state index contributed by atoms with van der Waals surface area (Å²) in [6.45, 7) is 2.74. The van der Waals surface area contributed by atoms with Crippen LogP contribution in [0.4, 0.5) is 0 Å². The van der Waals surface area contributed by atoms with E-state index in [1.165, 1.54) is 24.2 Å². The number of hydrogen-bond donors (Lipinski definition) is 2. The highest BCUT2D eigenvalue weighted by molar-refractivity contribution is 5.90. The van der Waals surface area contributed by atoms with Gasteiger partial charge in [-0.1, -0.05) is 6.42 Å². The zero-order valence-corrected chi connectivity index (χ0v) is 15.7. The number of benzene rings is 1. The smallest absolute Gasteiger partial charge is 0.213 e. The van der Waals surface area contributed by atoms with Crippen molar-refractivity contribution in [3.05, 3.63) is 53.7 Å². The van der Waals surface area contributed by atoms with Crippen molar-refractivity contribution in [1.29, 1.82) is 0 Å². The summed E-state index contributed by atoms with van der Waals surface area (Å²) in [5, 5.41) is 0. The molecule has 1 fully saturated rings. The van der Waals surface area contributed by atoms with Crippen LogP contribution in [0.3, 0.4) is 0 Å². The number of imidazole rings is 1. The first-order valence-corrected chi connectivity index (χ1v) is 9.29. The van der Waals surface area contributed by atoms with Crippen LogP contribution >= 0.6 is 0 Å². The van der Waals surface area contributed by atoms with Crippen molar-refractivity contribution in [2.45, 2.75) is 26.2 Å². The first-order chi connectivity index (χ1) is 13.2. The summed E-state index contributed by atoms with van der Waals surface area (Å²) >= 11 is 0. The summed E-state index contributed by atoms with van der Waals surface area (Å²) < 4.78 is 6.24. The zero-order valence-electron chi connectivity index (χ0n) is 15.7. The van der Waals surface area contributed by atoms with E-state index in [1.807, 2.05) is 31.5 Å². The molecule has 6 heteroatoms. The fourth-order valence-electron chi connectivity index (χ4n) is 3.42. The van der Waals surface area contributed by atoms with Gasteiger partial charge in [-0.3, -0.25) is 4.79 Å². The SMILES string of the molecule is Cc1[nH]ccc1/C(=C\N(C)C=O)c1cc2[nH]cnc2cc1OCC1CCC1. The molecular weight excluding hydrogens is 340 g/mol. The van der Waals surface area contributed by atoms with Crippen LogP contribution in [0.1, 0.15) is 36.1 Å². The van der Waals surface area contributed by atoms with Gasteiger partial charge in [0, 0.05) is 47.9 Å². The molecule has 3 aromatic rings. The van der Waals surface area contributed by atoms with Crippen LogP contribution in [0.25, 0.3) is 16.6 Å². The minimum Gasteiger partial charge on any atom is -0.493 e. The summed E-state index contributed by atoms with van der Waals surface area (Å²) in [6.07, 6.45) is 9.98. The topological polar surface area (TPSA) is 74.0 Å². The van der Waals surface area contributed by atoms with Crippen LogP contribution in [-0.2, 0) is 4.79 Å². The largest absolute Gasteiger partial charge is 0.493 e. The zero-order chi connectivity index (χ0) is 18.8. The maximum Gasteiger partial charge on any atom is 0.213 e. The number of ether oxygens (including phenoxy) is 1. The van der Waals surface area contributed by atoms with Crippen molar-refractivity contribution in [3.63, 3.8) is 0 Å². The monoisotopic (exact) mass is 364 g/mol. The summed E-state index contributed by atoms with van der Waals surface area (Å²) in [4.78, 5) is 23.6. The molecule has 1 aliphatic rings. The Hall–Kier alpha value is -3.02. The van der Waals surface area contributed by atoms with Crippen molar-refractivity contribution in [1.82, 2.24) is 19.9 Å². The second kappa shape index (κ2) is 7.31. The lowest BCUT2D eigenvalue weighted by atomic mass is 9.86. The molecule has 2 aromatic heterocycles. The third-order valence-electron chi connectivity index (χ3n) is 5.25. The number of aryl methyl sites for hydroxylation is 1. The van der Waals surface area contributed by atoms with Gasteiger partial charge in [0.15, 0.2) is 0 Å². The van der Waals surface area contributed by atoms with Gasteiger partial charge in [0.25, 0.3) is 0 Å². The van der Waals surface area contributed by atoms with Gasteiger partial charge in [0.1, 0.15) is 5.75 Å². The molecule has 6 nitrogen and oxygen atoms in total. The van der Waals surface area contributed by atoms with Crippen LogP contribution in [0.2, 0.25) is 0 Å². The van der Waals surface area contributed by atoms with Crippen molar-refractivity contribution >= 4 is 23.0 Å². The molecule has 0 bridgehead atoms. The van der Waals surface area contributed by atoms with Gasteiger partial charge in [-0.05, 0) is 37.8 Å². The van der Waals surface area contributed by atoms with E-state index in [0.29, 0.717) is 12.5 Å². The number of carbonyl (C=O) groups is 1. The third-order valence-corrected chi connectivity index (χ3v) is 5.25. The molecule has 0 aliphatic heterocycles. The van der Waals surface area contributed by atoms with Gasteiger partial charge in [0.2, 0.25) is 6.41 Å². The molecule has 1 saturated carbocycles. The number of rotatable bonds is 7. The van der Waals surface area contributed by atoms with Crippen LogP contribution in [0.15, 0.2) is 36.9 Å². The Morgan fingerprint density at radius 1 is 1.33 bits per heavy atom. The Kier molecular flexibility index (Phi) is 4.71. The Morgan fingerprint density at radius 3 is 2.85 bits per heavy atom. The van der Waals surface area contributed by atoms with Crippen molar-refractivity contribution in [2.24, 2.45) is 5.92 Å². The Bertz CT molecular complexity index is 981. The Labute approximate surface area is 158 Å². The van der Waals surface area contributed by atoms with Crippen molar-refractivity contribution < 1.29 is 9.53 Å². The van der Waals surface area contributed by atoms with E-state index in [9.17, 15) is 4.79 Å². The Balaban J connectivity index is 1.82. The van der Waals surface area contributed by atoms with E-state index in [2.05, 4.69) is 21.0 Å². The molecule has 0 radical (unpaired) electrons. The summed E-state index contributed by atoms with van der Waals surface area (Å²) in [6, 6.07) is 6.05. The predicted molar refractivity (Wildman–Crippen MR) is 105 cm³/mol. The molecule has 2 N–H and O–H groups in total. The number of aromatic nitrogens is 3. The fraction of sp³-hybridized carbons (Fsp3) is 0.333. The Morgan fingerprint density at radius 2 is 2.19 bits per heavy atom. The highest BCUT2D eigenvalue weighted by atomic mass is 16.5. The normalized spacial score (nSPS) is 15.0. The van der Waals surface area contributed by atoms with Gasteiger partial charge in [0.05, 0.1) is 24.0 Å². The van der Waals surface area contributed by atoms with Gasteiger partial charge < -0.3 is 19.6 Å². The second-order valence-corrected chi connectivity index (χ2v) is 7.21. The van der Waals surface area contributed by atoms with Crippen LogP contribution in [0, 0.1) is 12.8 Å². The summed E-state index contributed by atoms with van der Waals surface area (Å²) in [5.74, 6) is 1.43. The molecule has 4 rings (SSSR count). The van der Waals surface area contributed by atoms with Crippen molar-refractivity contribution in [2.75, 3.05) is 13.7 Å². The van der Waals surface area contributed by atoms with Gasteiger partial charge in [-0.2, -0.15) is 0 Å². The van der Waals surface area contributed by atoms with Crippen LogP contribution < -0.4 is 4.74 Å². The lowest BCUT2D eigenvalue weighted by Crippen LogP contribution is -2.19. The van der Waals surface area contributed by atoms with E-state index < -0.39 is 0 Å². The molecule has 27 heavy (non-hydrogen) atoms. The number of nitrogens with one attached hydrogen (secondary N) is 2. The average molecular weight is 364 g/mol. The quantitative estimate of drug-likeness (QED) is 0.625. The van der Waals surface area contributed by atoms with Gasteiger partial charge >= 0.3 is 0 Å². The molecule has 0 atom stereocenters. The van der Waals surface area contributed by atoms with Crippen LogP contribution in [-0.4, -0.2) is 39.9 Å². The minimum absolute atomic E-state index is 0.631. The highest BCUT2D eigenvalue weighted by Gasteiger charge is 2.21. The minimum atomic E-state index is 0.631. The molecule has 140 valence electrons. The average Bonchev–Trinajstić information content (AvgIpc) is 3.25. The molecule has 1 amide bonds. The second-order valence-electron chi connectivity index (χ2n) is 7.21. The number of nitrogens with zero attached hydrogens (tertiary/aromatic N) is 2. The number of hydrogen-bond acceptors (Lipinski definition) is 3. The van der Waals surface area contributed by atoms with Gasteiger partial charge in [-0.15, -0.1) is 0 Å². The first-order valence-electron chi connectivity index (χ1n) is 9.29. The highest BCUT2D eigenvalue weighted by Crippen LogP contribution is 2.36. The van der Waals surface area contributed by atoms with E-state index in [-0.39, 0.29) is 0 Å². The standard InChI is InChI=1S/C21H24N4O2/c1-14-16(6-7-22-14)18(10-25(2)13-26)17-8-19-20(24-12-23-19)9-21(17)27-11-15-4-3-5-15/h6-10,12-13,15,22H,3-5,11H2,1-2H3,(H,23,24)/b18-10+. The third kappa shape index (κ3) is 3.47. The van der Waals surface area contributed by atoms with E-state index in [1.54, 1.807) is 13.4 Å². The number of amides is 1. The predicted octanol–water partition coefficient (Wildman–Crippen LogP) is 3.86. The lowest BCUT2D eigenvalue weighted by molar-refractivity contribution is -0.114. The van der Waals surface area contributed by atoms with Gasteiger partial charge in [-0.25, -0.2) is 4.98 Å². The molecule has 2 heterocycles. The van der Waals surface area contributed by atoms with E-state index in [0.717, 1.165) is 45.6 Å². The fourth-order valence-corrected chi connectivity index (χ4v) is 3.42. The molecule has 0 saturated heterocycles. The summed E-state index contributed by atoms with van der Waals surface area (Å²) in [5.41, 5.74) is 5.77. The molecule has 1 aromatic carbocycles. The molecule has 1 aliphatic carbocycles. The maximum absolute atomic E-state index is 11.3. The number of H-pyrrole nitrogens is 2. The maximum atomic E-state index is 11.3. The lowest BCUT2D eigenvalue weighted by Gasteiger charge is -2.26. The van der Waals surface area contributed by atoms with E-state index in [4.69, 9.17) is 4.74 Å². The van der Waals surface area contributed by atoms with Crippen molar-refractivity contribution in [3.8, 4) is 5.75 Å². The van der Waals surface area contributed by atoms with Crippen LogP contribution in [0.5, 0.6) is 5.75 Å². The molecular formula is C21H24N4O2. The number of fused-ring (bicyclic) bond motifs is 1. The number of carbonyl (C=O) groups excluding carboxylic acids is 1. The molecule has 0 spiro atoms. The van der Waals surface area contributed by atoms with E-state index >= 15 is 0 Å².